The molecule has 8 heteroatoms. The average molecular weight is 448 g/mol. The molecule has 7 nitrogen and oxygen atoms in total. The van der Waals surface area contributed by atoms with Gasteiger partial charge in [0, 0.05) is 11.8 Å². The molecule has 0 bridgehead atoms. The van der Waals surface area contributed by atoms with Crippen LogP contribution in [0.4, 0.5) is 4.39 Å². The standard InChI is InChI=1S/C25H21FN2O5/c1-32-16-10-11-20(33-2)18(13-16)23(29)21-22(17-8-3-4-9-19(17)26)28(25(31)24(21)30)14-15-7-5-6-12-27-15/h3-13,22,29H,14H2,1-2H3/b23-21+. The lowest BCUT2D eigenvalue weighted by Crippen LogP contribution is -2.30. The number of aliphatic hydroxyl groups is 1. The van der Waals surface area contributed by atoms with Gasteiger partial charge >= 0.3 is 0 Å². The molecule has 33 heavy (non-hydrogen) atoms. The second kappa shape index (κ2) is 9.12. The van der Waals surface area contributed by atoms with Crippen LogP contribution in [0.5, 0.6) is 11.5 Å². The lowest BCUT2D eigenvalue weighted by atomic mass is 9.94. The largest absolute Gasteiger partial charge is 0.507 e. The van der Waals surface area contributed by atoms with Crippen LogP contribution in [0.15, 0.2) is 72.4 Å². The minimum absolute atomic E-state index is 0.0452. The molecule has 1 aliphatic heterocycles. The van der Waals surface area contributed by atoms with E-state index < -0.39 is 29.3 Å². The van der Waals surface area contributed by atoms with Crippen molar-refractivity contribution in [3.8, 4) is 11.5 Å². The van der Waals surface area contributed by atoms with Gasteiger partial charge in [-0.3, -0.25) is 14.6 Å². The van der Waals surface area contributed by atoms with Crippen molar-refractivity contribution < 1.29 is 28.6 Å². The minimum Gasteiger partial charge on any atom is -0.507 e. The summed E-state index contributed by atoms with van der Waals surface area (Å²) < 4.78 is 25.5. The molecule has 1 aromatic heterocycles. The van der Waals surface area contributed by atoms with Crippen molar-refractivity contribution in [2.75, 3.05) is 14.2 Å². The van der Waals surface area contributed by atoms with Gasteiger partial charge in [0.05, 0.1) is 43.6 Å². The van der Waals surface area contributed by atoms with E-state index in [9.17, 15) is 19.1 Å². The number of nitrogens with zero attached hydrogens (tertiary/aromatic N) is 2. The highest BCUT2D eigenvalue weighted by atomic mass is 19.1. The van der Waals surface area contributed by atoms with Crippen molar-refractivity contribution in [3.63, 3.8) is 0 Å². The first-order valence-electron chi connectivity index (χ1n) is 10.1. The topological polar surface area (TPSA) is 89.0 Å². The van der Waals surface area contributed by atoms with Crippen molar-refractivity contribution in [2.45, 2.75) is 12.6 Å². The molecule has 0 saturated carbocycles. The van der Waals surface area contributed by atoms with Gasteiger partial charge in [-0.25, -0.2) is 4.39 Å². The average Bonchev–Trinajstić information content (AvgIpc) is 3.09. The maximum atomic E-state index is 14.9. The molecule has 4 rings (SSSR count). The summed E-state index contributed by atoms with van der Waals surface area (Å²) in [4.78, 5) is 31.6. The number of aromatic nitrogens is 1. The fraction of sp³-hybridized carbons (Fsp3) is 0.160. The summed E-state index contributed by atoms with van der Waals surface area (Å²) in [5, 5.41) is 11.3. The van der Waals surface area contributed by atoms with Gasteiger partial charge in [-0.2, -0.15) is 0 Å². The van der Waals surface area contributed by atoms with Crippen molar-refractivity contribution in [3.05, 3.63) is 95.1 Å². The maximum absolute atomic E-state index is 14.9. The van der Waals surface area contributed by atoms with Crippen LogP contribution in [0.1, 0.15) is 22.9 Å². The quantitative estimate of drug-likeness (QED) is 0.350. The van der Waals surface area contributed by atoms with Crippen molar-refractivity contribution >= 4 is 17.4 Å². The number of halogens is 1. The van der Waals surface area contributed by atoms with E-state index in [0.717, 1.165) is 0 Å². The smallest absolute Gasteiger partial charge is 0.296 e. The highest BCUT2D eigenvalue weighted by Crippen LogP contribution is 2.42. The van der Waals surface area contributed by atoms with E-state index >= 15 is 0 Å². The third-order valence-corrected chi connectivity index (χ3v) is 5.46. The second-order valence-electron chi connectivity index (χ2n) is 7.34. The van der Waals surface area contributed by atoms with Crippen molar-refractivity contribution in [1.29, 1.82) is 0 Å². The third kappa shape index (κ3) is 4.03. The van der Waals surface area contributed by atoms with Gasteiger partial charge in [-0.05, 0) is 36.4 Å². The first kappa shape index (κ1) is 22.0. The number of methoxy groups -OCH3 is 2. The van der Waals surface area contributed by atoms with Crippen LogP contribution >= 0.6 is 0 Å². The molecule has 0 spiro atoms. The van der Waals surface area contributed by atoms with E-state index in [0.29, 0.717) is 11.4 Å². The predicted molar refractivity (Wildman–Crippen MR) is 118 cm³/mol. The zero-order chi connectivity index (χ0) is 23.5. The molecule has 3 aromatic rings. The summed E-state index contributed by atoms with van der Waals surface area (Å²) >= 11 is 0. The Kier molecular flexibility index (Phi) is 6.08. The van der Waals surface area contributed by atoms with E-state index in [-0.39, 0.29) is 29.0 Å². The number of benzene rings is 2. The Hall–Kier alpha value is -4.20. The minimum atomic E-state index is -1.16. The fourth-order valence-electron chi connectivity index (χ4n) is 3.87. The summed E-state index contributed by atoms with van der Waals surface area (Å²) in [5.41, 5.74) is 0.498. The number of Topliss-reactive ketones (excluding diaryl/α,β-unsaturated/α-hetero) is 1. The molecule has 168 valence electrons. The van der Waals surface area contributed by atoms with Crippen LogP contribution < -0.4 is 9.47 Å². The maximum Gasteiger partial charge on any atom is 0.296 e. The van der Waals surface area contributed by atoms with Crippen LogP contribution in [0.3, 0.4) is 0 Å². The highest BCUT2D eigenvalue weighted by molar-refractivity contribution is 6.46. The van der Waals surface area contributed by atoms with Gasteiger partial charge < -0.3 is 19.5 Å². The Morgan fingerprint density at radius 1 is 1.06 bits per heavy atom. The Bertz CT molecular complexity index is 1240. The zero-order valence-electron chi connectivity index (χ0n) is 18.0. The molecule has 1 amide bonds. The molecule has 0 aliphatic carbocycles. The number of hydrogen-bond acceptors (Lipinski definition) is 6. The van der Waals surface area contributed by atoms with E-state index in [1.807, 2.05) is 0 Å². The number of carbonyl (C=O) groups excluding carboxylic acids is 2. The van der Waals surface area contributed by atoms with Crippen LogP contribution in [-0.4, -0.2) is 40.9 Å². The Labute approximate surface area is 189 Å². The molecule has 2 heterocycles. The molecule has 1 saturated heterocycles. The molecular weight excluding hydrogens is 427 g/mol. The van der Waals surface area contributed by atoms with E-state index in [4.69, 9.17) is 9.47 Å². The van der Waals surface area contributed by atoms with E-state index in [2.05, 4.69) is 4.98 Å². The second-order valence-corrected chi connectivity index (χ2v) is 7.34. The normalized spacial score (nSPS) is 17.3. The molecular formula is C25H21FN2O5. The van der Waals surface area contributed by atoms with Gasteiger partial charge in [0.15, 0.2) is 0 Å². The van der Waals surface area contributed by atoms with Crippen LogP contribution in [0.25, 0.3) is 5.76 Å². The number of pyridine rings is 1. The lowest BCUT2D eigenvalue weighted by Gasteiger charge is -2.25. The van der Waals surface area contributed by atoms with Gasteiger partial charge in [0.25, 0.3) is 11.7 Å². The third-order valence-electron chi connectivity index (χ3n) is 5.46. The summed E-state index contributed by atoms with van der Waals surface area (Å²) in [7, 11) is 2.86. The monoisotopic (exact) mass is 448 g/mol. The number of carbonyl (C=O) groups is 2. The Morgan fingerprint density at radius 2 is 1.82 bits per heavy atom. The molecule has 1 aliphatic rings. The molecule has 1 unspecified atom stereocenters. The lowest BCUT2D eigenvalue weighted by molar-refractivity contribution is -0.140. The van der Waals surface area contributed by atoms with Crippen molar-refractivity contribution in [1.82, 2.24) is 9.88 Å². The van der Waals surface area contributed by atoms with Crippen LogP contribution in [0.2, 0.25) is 0 Å². The number of ether oxygens (including phenoxy) is 2. The van der Waals surface area contributed by atoms with Gasteiger partial charge in [0.1, 0.15) is 23.1 Å². The highest BCUT2D eigenvalue weighted by Gasteiger charge is 2.47. The number of likely N-dealkylation sites (tertiary alicyclic amines) is 1. The molecule has 2 aromatic carbocycles. The number of aliphatic hydroxyl groups excluding tert-OH is 1. The van der Waals surface area contributed by atoms with Crippen LogP contribution in [-0.2, 0) is 16.1 Å². The molecule has 1 fully saturated rings. The summed E-state index contributed by atoms with van der Waals surface area (Å²) in [6.45, 7) is -0.0452. The number of hydrogen-bond donors (Lipinski definition) is 1. The number of rotatable bonds is 6. The number of amides is 1. The van der Waals surface area contributed by atoms with E-state index in [1.165, 1.54) is 43.4 Å². The number of ketones is 1. The Balaban J connectivity index is 1.93. The first-order chi connectivity index (χ1) is 16.0. The molecule has 0 radical (unpaired) electrons. The van der Waals surface area contributed by atoms with Crippen LogP contribution in [0, 0.1) is 5.82 Å². The zero-order valence-corrected chi connectivity index (χ0v) is 18.0. The van der Waals surface area contributed by atoms with Gasteiger partial charge in [-0.15, -0.1) is 0 Å². The van der Waals surface area contributed by atoms with Gasteiger partial charge in [0.2, 0.25) is 0 Å². The SMILES string of the molecule is COc1ccc(OC)c(/C(O)=C2\C(=O)C(=O)N(Cc3ccccn3)C2c2ccccc2F)c1. The van der Waals surface area contributed by atoms with Crippen molar-refractivity contribution in [2.24, 2.45) is 0 Å². The Morgan fingerprint density at radius 3 is 2.48 bits per heavy atom. The molecule has 1 atom stereocenters. The molecule has 1 N–H and O–H groups in total. The van der Waals surface area contributed by atoms with Gasteiger partial charge in [-0.1, -0.05) is 24.3 Å². The fourth-order valence-corrected chi connectivity index (χ4v) is 3.87. The summed E-state index contributed by atoms with van der Waals surface area (Å²) in [5.74, 6) is -2.22. The first-order valence-corrected chi connectivity index (χ1v) is 10.1. The summed E-state index contributed by atoms with van der Waals surface area (Å²) in [6, 6.07) is 14.5. The predicted octanol–water partition coefficient (Wildman–Crippen LogP) is 3.86. The summed E-state index contributed by atoms with van der Waals surface area (Å²) in [6.07, 6.45) is 1.56. The van der Waals surface area contributed by atoms with E-state index in [1.54, 1.807) is 42.6 Å².